The first-order valence-corrected chi connectivity index (χ1v) is 8.13. The van der Waals surface area contributed by atoms with E-state index in [1.54, 1.807) is 6.92 Å². The number of benzene rings is 2. The average Bonchev–Trinajstić information content (AvgIpc) is 2.41. The minimum atomic E-state index is -3.67. The van der Waals surface area contributed by atoms with E-state index in [0.717, 1.165) is 28.8 Å². The second-order valence-electron chi connectivity index (χ2n) is 5.16. The van der Waals surface area contributed by atoms with E-state index in [2.05, 4.69) is 4.72 Å². The Morgan fingerprint density at radius 2 is 1.67 bits per heavy atom. The van der Waals surface area contributed by atoms with E-state index in [1.165, 1.54) is 12.1 Å². The van der Waals surface area contributed by atoms with Gasteiger partial charge in [-0.3, -0.25) is 0 Å². The molecule has 112 valence electrons. The second kappa shape index (κ2) is 5.95. The Balaban J connectivity index is 2.27. The maximum Gasteiger partial charge on any atom is 0.241 e. The zero-order valence-corrected chi connectivity index (χ0v) is 13.0. The van der Waals surface area contributed by atoms with Gasteiger partial charge < -0.3 is 0 Å². The highest BCUT2D eigenvalue weighted by Crippen LogP contribution is 2.21. The number of rotatable bonds is 4. The van der Waals surface area contributed by atoms with E-state index in [-0.39, 0.29) is 10.9 Å². The van der Waals surface area contributed by atoms with Crippen LogP contribution in [0.25, 0.3) is 0 Å². The molecule has 0 aliphatic rings. The largest absolute Gasteiger partial charge is 0.241 e. The minimum Gasteiger partial charge on any atom is -0.207 e. The summed E-state index contributed by atoms with van der Waals surface area (Å²) in [5.74, 6) is -0.462. The third-order valence-corrected chi connectivity index (χ3v) is 4.91. The van der Waals surface area contributed by atoms with Crippen LogP contribution >= 0.6 is 0 Å². The van der Waals surface area contributed by atoms with Gasteiger partial charge in [-0.15, -0.1) is 0 Å². The summed E-state index contributed by atoms with van der Waals surface area (Å²) in [7, 11) is -3.67. The number of sulfonamides is 1. The molecule has 0 aliphatic heterocycles. The van der Waals surface area contributed by atoms with Gasteiger partial charge in [-0.25, -0.2) is 17.5 Å². The lowest BCUT2D eigenvalue weighted by Gasteiger charge is -2.17. The highest BCUT2D eigenvalue weighted by atomic mass is 32.2. The molecule has 0 saturated heterocycles. The van der Waals surface area contributed by atoms with Crippen LogP contribution in [0.3, 0.4) is 0 Å². The van der Waals surface area contributed by atoms with Crippen LogP contribution in [0.15, 0.2) is 47.4 Å². The predicted octanol–water partition coefficient (Wildman–Crippen LogP) is 3.48. The quantitative estimate of drug-likeness (QED) is 0.940. The Hall–Kier alpha value is -1.72. The van der Waals surface area contributed by atoms with Gasteiger partial charge in [-0.05, 0) is 56.2 Å². The van der Waals surface area contributed by atoms with Gasteiger partial charge in [-0.1, -0.05) is 23.8 Å². The summed E-state index contributed by atoms with van der Waals surface area (Å²) < 4.78 is 40.1. The molecule has 2 aromatic carbocycles. The molecule has 0 radical (unpaired) electrons. The summed E-state index contributed by atoms with van der Waals surface area (Å²) in [6.45, 7) is 5.70. The lowest BCUT2D eigenvalue weighted by atomic mass is 10.0. The van der Waals surface area contributed by atoms with E-state index < -0.39 is 15.8 Å². The Morgan fingerprint density at radius 1 is 1.05 bits per heavy atom. The van der Waals surface area contributed by atoms with Crippen molar-refractivity contribution in [3.63, 3.8) is 0 Å². The van der Waals surface area contributed by atoms with Gasteiger partial charge in [0.2, 0.25) is 10.0 Å². The minimum absolute atomic E-state index is 0.0565. The van der Waals surface area contributed by atoms with Crippen LogP contribution in [0, 0.1) is 19.7 Å². The van der Waals surface area contributed by atoms with Crippen molar-refractivity contribution in [2.24, 2.45) is 0 Å². The summed E-state index contributed by atoms with van der Waals surface area (Å²) in [5, 5.41) is 0. The van der Waals surface area contributed by atoms with Gasteiger partial charge >= 0.3 is 0 Å². The molecule has 1 unspecified atom stereocenters. The van der Waals surface area contributed by atoms with Crippen LogP contribution in [0.2, 0.25) is 0 Å². The molecule has 0 heterocycles. The van der Waals surface area contributed by atoms with Crippen molar-refractivity contribution < 1.29 is 12.8 Å². The predicted molar refractivity (Wildman–Crippen MR) is 81.1 cm³/mol. The van der Waals surface area contributed by atoms with Crippen LogP contribution in [-0.4, -0.2) is 8.42 Å². The van der Waals surface area contributed by atoms with E-state index in [1.807, 2.05) is 32.0 Å². The topological polar surface area (TPSA) is 46.2 Å². The molecule has 0 bridgehead atoms. The highest BCUT2D eigenvalue weighted by Gasteiger charge is 2.19. The van der Waals surface area contributed by atoms with Crippen molar-refractivity contribution in [3.8, 4) is 0 Å². The Kier molecular flexibility index (Phi) is 4.44. The smallest absolute Gasteiger partial charge is 0.207 e. The molecule has 0 amide bonds. The molecule has 3 nitrogen and oxygen atoms in total. The maximum atomic E-state index is 12.9. The number of aryl methyl sites for hydroxylation is 2. The lowest BCUT2D eigenvalue weighted by Crippen LogP contribution is -2.27. The number of halogens is 1. The molecule has 0 fully saturated rings. The van der Waals surface area contributed by atoms with E-state index in [0.29, 0.717) is 0 Å². The fourth-order valence-electron chi connectivity index (χ4n) is 2.20. The summed E-state index contributed by atoms with van der Waals surface area (Å²) in [6, 6.07) is 10.3. The van der Waals surface area contributed by atoms with Crippen molar-refractivity contribution in [2.75, 3.05) is 0 Å². The molecule has 1 N–H and O–H groups in total. The van der Waals surface area contributed by atoms with Crippen LogP contribution in [0.1, 0.15) is 29.7 Å². The van der Waals surface area contributed by atoms with Crippen LogP contribution in [0.5, 0.6) is 0 Å². The summed E-state index contributed by atoms with van der Waals surface area (Å²) in [6.07, 6.45) is 0. The first-order valence-electron chi connectivity index (χ1n) is 6.64. The van der Waals surface area contributed by atoms with Crippen molar-refractivity contribution in [2.45, 2.75) is 31.7 Å². The third kappa shape index (κ3) is 3.68. The zero-order chi connectivity index (χ0) is 15.6. The van der Waals surface area contributed by atoms with Gasteiger partial charge in [0.25, 0.3) is 0 Å². The van der Waals surface area contributed by atoms with Crippen molar-refractivity contribution >= 4 is 10.0 Å². The molecule has 0 spiro atoms. The first-order chi connectivity index (χ1) is 9.79. The molecular formula is C16H18FNO2S. The normalized spacial score (nSPS) is 13.1. The summed E-state index contributed by atoms with van der Waals surface area (Å²) in [4.78, 5) is 0.0565. The van der Waals surface area contributed by atoms with Gasteiger partial charge in [0.05, 0.1) is 4.90 Å². The SMILES string of the molecule is Cc1ccc(C)c(C(C)NS(=O)(=O)c2ccc(F)cc2)c1. The van der Waals surface area contributed by atoms with Gasteiger partial charge in [0, 0.05) is 6.04 Å². The monoisotopic (exact) mass is 307 g/mol. The second-order valence-corrected chi connectivity index (χ2v) is 6.87. The highest BCUT2D eigenvalue weighted by molar-refractivity contribution is 7.89. The first kappa shape index (κ1) is 15.7. The van der Waals surface area contributed by atoms with Gasteiger partial charge in [0.1, 0.15) is 5.82 Å². The Bertz CT molecular complexity index is 739. The maximum absolute atomic E-state index is 12.9. The van der Waals surface area contributed by atoms with Gasteiger partial charge in [-0.2, -0.15) is 0 Å². The fourth-order valence-corrected chi connectivity index (χ4v) is 3.43. The average molecular weight is 307 g/mol. The van der Waals surface area contributed by atoms with E-state index >= 15 is 0 Å². The molecule has 2 rings (SSSR count). The number of hydrogen-bond acceptors (Lipinski definition) is 2. The van der Waals surface area contributed by atoms with E-state index in [4.69, 9.17) is 0 Å². The number of hydrogen-bond donors (Lipinski definition) is 1. The van der Waals surface area contributed by atoms with Crippen molar-refractivity contribution in [1.82, 2.24) is 4.72 Å². The Morgan fingerprint density at radius 3 is 2.29 bits per heavy atom. The van der Waals surface area contributed by atoms with Gasteiger partial charge in [0.15, 0.2) is 0 Å². The van der Waals surface area contributed by atoms with Crippen LogP contribution < -0.4 is 4.72 Å². The van der Waals surface area contributed by atoms with E-state index in [9.17, 15) is 12.8 Å². The molecule has 5 heteroatoms. The van der Waals surface area contributed by atoms with Crippen LogP contribution in [-0.2, 0) is 10.0 Å². The molecular weight excluding hydrogens is 289 g/mol. The molecule has 1 atom stereocenters. The molecule has 2 aromatic rings. The standard InChI is InChI=1S/C16H18FNO2S/c1-11-4-5-12(2)16(10-11)13(3)18-21(19,20)15-8-6-14(17)7-9-15/h4-10,13,18H,1-3H3. The molecule has 0 saturated carbocycles. The third-order valence-electron chi connectivity index (χ3n) is 3.36. The van der Waals surface area contributed by atoms with Crippen LogP contribution in [0.4, 0.5) is 4.39 Å². The summed E-state index contributed by atoms with van der Waals surface area (Å²) in [5.41, 5.74) is 3.03. The van der Waals surface area contributed by atoms with Crippen molar-refractivity contribution in [1.29, 1.82) is 0 Å². The Labute approximate surface area is 124 Å². The number of nitrogens with one attached hydrogen (secondary N) is 1. The fraction of sp³-hybridized carbons (Fsp3) is 0.250. The zero-order valence-electron chi connectivity index (χ0n) is 12.2. The van der Waals surface area contributed by atoms with Crippen molar-refractivity contribution in [3.05, 3.63) is 65.0 Å². The summed E-state index contributed by atoms with van der Waals surface area (Å²) >= 11 is 0. The molecule has 0 aliphatic carbocycles. The molecule has 0 aromatic heterocycles. The lowest BCUT2D eigenvalue weighted by molar-refractivity contribution is 0.565. The molecule has 21 heavy (non-hydrogen) atoms.